The van der Waals surface area contributed by atoms with Crippen molar-refractivity contribution >= 4 is 34.8 Å². The maximum atomic E-state index is 11.8. The molecular weight excluding hydrogens is 329 g/mol. The fourth-order valence-electron chi connectivity index (χ4n) is 1.70. The Labute approximate surface area is 137 Å². The molecule has 5 nitrogen and oxygen atoms in total. The molecule has 116 valence electrons. The molecule has 0 aromatic heterocycles. The summed E-state index contributed by atoms with van der Waals surface area (Å²) in [5.41, 5.74) is 0.420. The van der Waals surface area contributed by atoms with Gasteiger partial charge in [-0.1, -0.05) is 23.2 Å². The van der Waals surface area contributed by atoms with Crippen LogP contribution in [0.2, 0.25) is 10.0 Å². The van der Waals surface area contributed by atoms with Crippen molar-refractivity contribution in [2.75, 3.05) is 19.0 Å². The summed E-state index contributed by atoms with van der Waals surface area (Å²) in [6, 6.07) is 9.25. The van der Waals surface area contributed by atoms with Crippen molar-refractivity contribution in [3.05, 3.63) is 46.4 Å². The lowest BCUT2D eigenvalue weighted by Crippen LogP contribution is -2.20. The van der Waals surface area contributed by atoms with Crippen molar-refractivity contribution in [2.45, 2.75) is 0 Å². The molecular formula is C15H13Cl2NO4. The number of hydrogen-bond acceptors (Lipinski definition) is 4. The molecule has 1 amide bonds. The summed E-state index contributed by atoms with van der Waals surface area (Å²) >= 11 is 11.8. The van der Waals surface area contributed by atoms with Gasteiger partial charge < -0.3 is 19.9 Å². The Kier molecular flexibility index (Phi) is 5.35. The van der Waals surface area contributed by atoms with E-state index in [4.69, 9.17) is 32.7 Å². The summed E-state index contributed by atoms with van der Waals surface area (Å²) in [7, 11) is 1.44. The predicted octanol–water partition coefficient (Wildman–Crippen LogP) is 3.73. The monoisotopic (exact) mass is 341 g/mol. The van der Waals surface area contributed by atoms with Crippen LogP contribution in [0.25, 0.3) is 0 Å². The second kappa shape index (κ2) is 7.24. The average molecular weight is 342 g/mol. The number of methoxy groups -OCH3 is 1. The van der Waals surface area contributed by atoms with Crippen LogP contribution in [0, 0.1) is 0 Å². The van der Waals surface area contributed by atoms with Crippen molar-refractivity contribution in [1.82, 2.24) is 0 Å². The summed E-state index contributed by atoms with van der Waals surface area (Å²) in [6.45, 7) is -0.243. The molecule has 0 aliphatic carbocycles. The van der Waals surface area contributed by atoms with E-state index in [2.05, 4.69) is 5.32 Å². The largest absolute Gasteiger partial charge is 0.504 e. The predicted molar refractivity (Wildman–Crippen MR) is 85.2 cm³/mol. The fraction of sp³-hybridized carbons (Fsp3) is 0.133. The van der Waals surface area contributed by atoms with E-state index in [1.54, 1.807) is 24.3 Å². The van der Waals surface area contributed by atoms with Gasteiger partial charge in [0.25, 0.3) is 5.91 Å². The summed E-state index contributed by atoms with van der Waals surface area (Å²) in [5.74, 6) is 0.168. The SMILES string of the molecule is COc1ccc(NC(=O)COc2cc(Cl)ccc2Cl)cc1O. The average Bonchev–Trinajstić information content (AvgIpc) is 2.48. The first-order chi connectivity index (χ1) is 10.5. The molecule has 0 radical (unpaired) electrons. The number of phenols is 1. The van der Waals surface area contributed by atoms with Gasteiger partial charge in [-0.15, -0.1) is 0 Å². The molecule has 0 fully saturated rings. The number of aromatic hydroxyl groups is 1. The second-order valence-corrected chi connectivity index (χ2v) is 5.14. The van der Waals surface area contributed by atoms with Gasteiger partial charge in [0.15, 0.2) is 18.1 Å². The molecule has 0 saturated carbocycles. The van der Waals surface area contributed by atoms with E-state index in [-0.39, 0.29) is 12.4 Å². The first-order valence-electron chi connectivity index (χ1n) is 6.24. The van der Waals surface area contributed by atoms with Crippen molar-refractivity contribution in [2.24, 2.45) is 0 Å². The molecule has 2 N–H and O–H groups in total. The highest BCUT2D eigenvalue weighted by molar-refractivity contribution is 6.34. The maximum Gasteiger partial charge on any atom is 0.262 e. The molecule has 22 heavy (non-hydrogen) atoms. The molecule has 0 aliphatic rings. The van der Waals surface area contributed by atoms with Gasteiger partial charge in [-0.05, 0) is 24.3 Å². The van der Waals surface area contributed by atoms with Gasteiger partial charge >= 0.3 is 0 Å². The zero-order valence-corrected chi connectivity index (χ0v) is 13.1. The van der Waals surface area contributed by atoms with Crippen LogP contribution in [-0.2, 0) is 4.79 Å². The van der Waals surface area contributed by atoms with Gasteiger partial charge in [-0.25, -0.2) is 0 Å². The molecule has 7 heteroatoms. The van der Waals surface area contributed by atoms with E-state index in [0.29, 0.717) is 27.2 Å². The number of anilines is 1. The number of ether oxygens (including phenoxy) is 2. The van der Waals surface area contributed by atoms with Gasteiger partial charge in [0, 0.05) is 22.8 Å². The highest BCUT2D eigenvalue weighted by Crippen LogP contribution is 2.29. The van der Waals surface area contributed by atoms with Crippen molar-refractivity contribution in [1.29, 1.82) is 0 Å². The van der Waals surface area contributed by atoms with Crippen LogP contribution in [0.1, 0.15) is 0 Å². The van der Waals surface area contributed by atoms with Crippen LogP contribution in [0.5, 0.6) is 17.2 Å². The van der Waals surface area contributed by atoms with Crippen LogP contribution in [0.4, 0.5) is 5.69 Å². The second-order valence-electron chi connectivity index (χ2n) is 4.30. The molecule has 0 atom stereocenters. The number of carbonyl (C=O) groups is 1. The molecule has 2 aromatic rings. The van der Waals surface area contributed by atoms with E-state index in [0.717, 1.165) is 0 Å². The highest BCUT2D eigenvalue weighted by atomic mass is 35.5. The number of hydrogen-bond donors (Lipinski definition) is 2. The Morgan fingerprint density at radius 2 is 1.95 bits per heavy atom. The zero-order valence-electron chi connectivity index (χ0n) is 11.6. The summed E-state index contributed by atoms with van der Waals surface area (Å²) in [5, 5.41) is 13.0. The summed E-state index contributed by atoms with van der Waals surface area (Å²) < 4.78 is 10.2. The summed E-state index contributed by atoms with van der Waals surface area (Å²) in [4.78, 5) is 11.8. The Hall–Kier alpha value is -2.11. The lowest BCUT2D eigenvalue weighted by Gasteiger charge is -2.10. The van der Waals surface area contributed by atoms with Gasteiger partial charge in [0.1, 0.15) is 5.75 Å². The molecule has 0 saturated heterocycles. The standard InChI is InChI=1S/C15H13Cl2NO4/c1-21-13-5-3-10(7-12(13)19)18-15(20)8-22-14-6-9(16)2-4-11(14)17/h2-7,19H,8H2,1H3,(H,18,20). The Morgan fingerprint density at radius 1 is 1.18 bits per heavy atom. The third-order valence-corrected chi connectivity index (χ3v) is 3.26. The molecule has 2 rings (SSSR count). The minimum absolute atomic E-state index is 0.0703. The molecule has 0 aliphatic heterocycles. The Bertz CT molecular complexity index is 691. The fourth-order valence-corrected chi connectivity index (χ4v) is 2.03. The quantitative estimate of drug-likeness (QED) is 0.869. The maximum absolute atomic E-state index is 11.8. The summed E-state index contributed by atoms with van der Waals surface area (Å²) in [6.07, 6.45) is 0. The Balaban J connectivity index is 1.95. The number of halogens is 2. The van der Waals surface area contributed by atoms with E-state index >= 15 is 0 Å². The minimum atomic E-state index is -0.402. The van der Waals surface area contributed by atoms with Gasteiger partial charge in [-0.3, -0.25) is 4.79 Å². The lowest BCUT2D eigenvalue weighted by atomic mass is 10.2. The highest BCUT2D eigenvalue weighted by Gasteiger charge is 2.09. The van der Waals surface area contributed by atoms with Crippen LogP contribution in [0.3, 0.4) is 0 Å². The van der Waals surface area contributed by atoms with Crippen molar-refractivity contribution in [3.63, 3.8) is 0 Å². The third kappa shape index (κ3) is 4.19. The molecule has 0 unspecified atom stereocenters. The van der Waals surface area contributed by atoms with E-state index in [1.807, 2.05) is 0 Å². The van der Waals surface area contributed by atoms with Gasteiger partial charge in [0.05, 0.1) is 12.1 Å². The first kappa shape index (κ1) is 16.3. The van der Waals surface area contributed by atoms with Crippen molar-refractivity contribution in [3.8, 4) is 17.2 Å². The normalized spacial score (nSPS) is 10.1. The minimum Gasteiger partial charge on any atom is -0.504 e. The van der Waals surface area contributed by atoms with Crippen LogP contribution < -0.4 is 14.8 Å². The van der Waals surface area contributed by atoms with Crippen molar-refractivity contribution < 1.29 is 19.4 Å². The lowest BCUT2D eigenvalue weighted by molar-refractivity contribution is -0.118. The zero-order chi connectivity index (χ0) is 16.1. The van der Waals surface area contributed by atoms with E-state index < -0.39 is 5.91 Å². The molecule has 0 bridgehead atoms. The van der Waals surface area contributed by atoms with E-state index in [1.165, 1.54) is 19.2 Å². The van der Waals surface area contributed by atoms with E-state index in [9.17, 15) is 9.90 Å². The van der Waals surface area contributed by atoms with Crippen LogP contribution in [-0.4, -0.2) is 24.7 Å². The molecule has 0 heterocycles. The topological polar surface area (TPSA) is 67.8 Å². The number of benzene rings is 2. The third-order valence-electron chi connectivity index (χ3n) is 2.71. The molecule has 0 spiro atoms. The number of rotatable bonds is 5. The number of nitrogens with one attached hydrogen (secondary N) is 1. The first-order valence-corrected chi connectivity index (χ1v) is 7.00. The van der Waals surface area contributed by atoms with Gasteiger partial charge in [-0.2, -0.15) is 0 Å². The van der Waals surface area contributed by atoms with Crippen LogP contribution in [0.15, 0.2) is 36.4 Å². The number of phenolic OH excluding ortho intramolecular Hbond substituents is 1. The van der Waals surface area contributed by atoms with Crippen LogP contribution >= 0.6 is 23.2 Å². The molecule has 2 aromatic carbocycles. The Morgan fingerprint density at radius 3 is 2.64 bits per heavy atom. The van der Waals surface area contributed by atoms with Gasteiger partial charge in [0.2, 0.25) is 0 Å². The number of carbonyl (C=O) groups excluding carboxylic acids is 1. The number of amides is 1. The smallest absolute Gasteiger partial charge is 0.262 e.